The molecular weight excluding hydrogens is 417 g/mol. The molecule has 5 nitrogen and oxygen atoms in total. The lowest BCUT2D eigenvalue weighted by atomic mass is 10.00. The van der Waals surface area contributed by atoms with E-state index >= 15 is 0 Å². The molecule has 1 aliphatic rings. The van der Waals surface area contributed by atoms with Crippen LogP contribution in [0.2, 0.25) is 0 Å². The number of carbonyl (C=O) groups is 1. The maximum Gasteiger partial charge on any atom is 0.416 e. The van der Waals surface area contributed by atoms with Crippen LogP contribution in [0.4, 0.5) is 18.9 Å². The maximum absolute atomic E-state index is 12.9. The lowest BCUT2D eigenvalue weighted by molar-refractivity contribution is -0.137. The van der Waals surface area contributed by atoms with E-state index in [-0.39, 0.29) is 4.90 Å². The molecule has 0 aromatic heterocycles. The Morgan fingerprint density at radius 1 is 1.03 bits per heavy atom. The second-order valence-electron chi connectivity index (χ2n) is 7.42. The number of sulfone groups is 1. The summed E-state index contributed by atoms with van der Waals surface area (Å²) in [5, 5.41) is 0. The molecule has 0 N–H and O–H groups in total. The topological polar surface area (TPSA) is 57.7 Å². The van der Waals surface area contributed by atoms with Gasteiger partial charge in [0.2, 0.25) is 0 Å². The van der Waals surface area contributed by atoms with Crippen molar-refractivity contribution in [3.8, 4) is 0 Å². The minimum atomic E-state index is -4.37. The molecule has 1 saturated heterocycles. The first-order valence-electron chi connectivity index (χ1n) is 9.48. The molecule has 2 aromatic carbocycles. The van der Waals surface area contributed by atoms with Crippen LogP contribution in [0.5, 0.6) is 0 Å². The number of aldehydes is 1. The van der Waals surface area contributed by atoms with Crippen molar-refractivity contribution >= 4 is 21.8 Å². The average Bonchev–Trinajstić information content (AvgIpc) is 2.71. The first kappa shape index (κ1) is 22.3. The molecule has 1 atom stereocenters. The highest BCUT2D eigenvalue weighted by Crippen LogP contribution is 2.32. The van der Waals surface area contributed by atoms with E-state index in [4.69, 9.17) is 0 Å². The molecule has 30 heavy (non-hydrogen) atoms. The van der Waals surface area contributed by atoms with Crippen LogP contribution in [0.3, 0.4) is 0 Å². The smallest absolute Gasteiger partial charge is 0.369 e. The van der Waals surface area contributed by atoms with E-state index in [0.29, 0.717) is 38.4 Å². The highest BCUT2D eigenvalue weighted by molar-refractivity contribution is 7.90. The van der Waals surface area contributed by atoms with Gasteiger partial charge in [0.05, 0.1) is 16.4 Å². The van der Waals surface area contributed by atoms with Crippen molar-refractivity contribution in [3.63, 3.8) is 0 Å². The van der Waals surface area contributed by atoms with Crippen LogP contribution in [-0.2, 0) is 20.8 Å². The molecule has 2 aromatic rings. The Morgan fingerprint density at radius 3 is 2.20 bits per heavy atom. The van der Waals surface area contributed by atoms with Crippen LogP contribution in [0.1, 0.15) is 17.0 Å². The van der Waals surface area contributed by atoms with Gasteiger partial charge >= 0.3 is 6.18 Å². The maximum atomic E-state index is 12.9. The van der Waals surface area contributed by atoms with Crippen molar-refractivity contribution < 1.29 is 26.4 Å². The molecule has 3 rings (SSSR count). The number of anilines is 1. The van der Waals surface area contributed by atoms with Gasteiger partial charge in [-0.2, -0.15) is 13.2 Å². The first-order valence-corrected chi connectivity index (χ1v) is 11.4. The third-order valence-electron chi connectivity index (χ3n) is 5.27. The number of alkyl halides is 3. The van der Waals surface area contributed by atoms with E-state index in [1.54, 1.807) is 18.2 Å². The number of halogens is 3. The third-order valence-corrected chi connectivity index (χ3v) is 6.39. The van der Waals surface area contributed by atoms with Gasteiger partial charge in [-0.05, 0) is 35.9 Å². The fourth-order valence-corrected chi connectivity index (χ4v) is 4.17. The van der Waals surface area contributed by atoms with Crippen LogP contribution >= 0.6 is 0 Å². The number of piperazine rings is 1. The zero-order chi connectivity index (χ0) is 21.9. The SMILES string of the molecule is CS(=O)(=O)c1ccc(C(C=O)CN2CCN(c3cccc(C(F)(F)F)c3)CC2)cc1. The van der Waals surface area contributed by atoms with Gasteiger partial charge in [0.15, 0.2) is 9.84 Å². The molecular formula is C21H23F3N2O3S. The number of hydrogen-bond acceptors (Lipinski definition) is 5. The molecule has 0 bridgehead atoms. The Balaban J connectivity index is 1.61. The number of carbonyl (C=O) groups excluding carboxylic acids is 1. The Morgan fingerprint density at radius 2 is 1.67 bits per heavy atom. The number of hydrogen-bond donors (Lipinski definition) is 0. The summed E-state index contributed by atoms with van der Waals surface area (Å²) in [5.41, 5.74) is 0.603. The van der Waals surface area contributed by atoms with Gasteiger partial charge in [-0.25, -0.2) is 8.42 Å². The highest BCUT2D eigenvalue weighted by atomic mass is 32.2. The van der Waals surface area contributed by atoms with E-state index in [0.717, 1.165) is 30.2 Å². The first-order chi connectivity index (χ1) is 14.1. The van der Waals surface area contributed by atoms with Crippen LogP contribution < -0.4 is 4.90 Å². The monoisotopic (exact) mass is 440 g/mol. The van der Waals surface area contributed by atoms with E-state index in [1.165, 1.54) is 18.2 Å². The minimum absolute atomic E-state index is 0.200. The predicted molar refractivity (Wildman–Crippen MR) is 108 cm³/mol. The molecule has 1 unspecified atom stereocenters. The lowest BCUT2D eigenvalue weighted by Gasteiger charge is -2.37. The number of rotatable bonds is 6. The fourth-order valence-electron chi connectivity index (χ4n) is 3.53. The summed E-state index contributed by atoms with van der Waals surface area (Å²) < 4.78 is 62.0. The van der Waals surface area contributed by atoms with E-state index in [1.807, 2.05) is 4.90 Å². The summed E-state index contributed by atoms with van der Waals surface area (Å²) in [5.74, 6) is -0.404. The molecule has 1 aliphatic heterocycles. The van der Waals surface area contributed by atoms with Gasteiger partial charge in [0.1, 0.15) is 6.29 Å². The molecule has 0 spiro atoms. The van der Waals surface area contributed by atoms with Crippen molar-refractivity contribution in [2.24, 2.45) is 0 Å². The van der Waals surface area contributed by atoms with Gasteiger partial charge in [-0.15, -0.1) is 0 Å². The van der Waals surface area contributed by atoms with E-state index in [9.17, 15) is 26.4 Å². The summed E-state index contributed by atoms with van der Waals surface area (Å²) >= 11 is 0. The van der Waals surface area contributed by atoms with Gasteiger partial charge in [-0.3, -0.25) is 4.90 Å². The number of nitrogens with zero attached hydrogens (tertiary/aromatic N) is 2. The van der Waals surface area contributed by atoms with Crippen LogP contribution in [0.15, 0.2) is 53.4 Å². The predicted octanol–water partition coefficient (Wildman–Crippen LogP) is 3.21. The van der Waals surface area contributed by atoms with E-state index in [2.05, 4.69) is 4.90 Å². The Kier molecular flexibility index (Phi) is 6.52. The van der Waals surface area contributed by atoms with Gasteiger partial charge in [0.25, 0.3) is 0 Å². The second kappa shape index (κ2) is 8.77. The second-order valence-corrected chi connectivity index (χ2v) is 9.44. The van der Waals surface area contributed by atoms with Crippen LogP contribution in [0, 0.1) is 0 Å². The molecule has 162 valence electrons. The van der Waals surface area contributed by atoms with Crippen molar-refractivity contribution in [2.75, 3.05) is 43.9 Å². The third kappa shape index (κ3) is 5.40. The van der Waals surface area contributed by atoms with Gasteiger partial charge in [-0.1, -0.05) is 18.2 Å². The molecule has 0 amide bonds. The van der Waals surface area contributed by atoms with Crippen LogP contribution in [-0.4, -0.2) is 58.6 Å². The van der Waals surface area contributed by atoms with Gasteiger partial charge < -0.3 is 9.69 Å². The van der Waals surface area contributed by atoms with E-state index < -0.39 is 27.5 Å². The molecule has 9 heteroatoms. The largest absolute Gasteiger partial charge is 0.416 e. The Labute approximate surface area is 174 Å². The standard InChI is InChI=1S/C21H23F3N2O3S/c1-30(28,29)20-7-5-16(6-8-20)17(15-27)14-25-9-11-26(12-10-25)19-4-2-3-18(13-19)21(22,23)24/h2-8,13,15,17H,9-12,14H2,1H3. The summed E-state index contributed by atoms with van der Waals surface area (Å²) in [6.45, 7) is 2.81. The summed E-state index contributed by atoms with van der Waals surface area (Å²) in [6, 6.07) is 11.6. The summed E-state index contributed by atoms with van der Waals surface area (Å²) in [4.78, 5) is 15.8. The van der Waals surface area contributed by atoms with Crippen molar-refractivity contribution in [1.29, 1.82) is 0 Å². The molecule has 1 heterocycles. The molecule has 0 saturated carbocycles. The number of benzene rings is 2. The highest BCUT2D eigenvalue weighted by Gasteiger charge is 2.31. The summed E-state index contributed by atoms with van der Waals surface area (Å²) in [7, 11) is -3.30. The zero-order valence-corrected chi connectivity index (χ0v) is 17.3. The Hall–Kier alpha value is -2.39. The molecule has 0 aliphatic carbocycles. The van der Waals surface area contributed by atoms with Gasteiger partial charge in [0, 0.05) is 44.7 Å². The van der Waals surface area contributed by atoms with Crippen LogP contribution in [0.25, 0.3) is 0 Å². The Bertz CT molecular complexity index is 983. The average molecular weight is 440 g/mol. The van der Waals surface area contributed by atoms with Crippen molar-refractivity contribution in [1.82, 2.24) is 4.90 Å². The quantitative estimate of drug-likeness (QED) is 0.646. The van der Waals surface area contributed by atoms with Crippen molar-refractivity contribution in [2.45, 2.75) is 17.0 Å². The fraction of sp³-hybridized carbons (Fsp3) is 0.381. The normalized spacial score (nSPS) is 17.0. The van der Waals surface area contributed by atoms with Crippen molar-refractivity contribution in [3.05, 3.63) is 59.7 Å². The summed E-state index contributed by atoms with van der Waals surface area (Å²) in [6.07, 6.45) is -2.40. The lowest BCUT2D eigenvalue weighted by Crippen LogP contribution is -2.47. The molecule has 1 fully saturated rings. The minimum Gasteiger partial charge on any atom is -0.369 e. The zero-order valence-electron chi connectivity index (χ0n) is 16.5. The molecule has 0 radical (unpaired) electrons.